The minimum atomic E-state index is -0.858. The number of hydrogen-bond donors (Lipinski definition) is 3. The molecule has 0 bridgehead atoms. The van der Waals surface area contributed by atoms with Crippen molar-refractivity contribution in [2.45, 2.75) is 116 Å². The van der Waals surface area contributed by atoms with E-state index in [0.717, 1.165) is 37.9 Å². The third-order valence-electron chi connectivity index (χ3n) is 10.2. The monoisotopic (exact) mass is 695 g/mol. The Morgan fingerprint density at radius 1 is 1.12 bits per heavy atom. The summed E-state index contributed by atoms with van der Waals surface area (Å²) in [6.45, 7) is 15.5. The largest absolute Gasteiger partial charge is 0.467 e. The van der Waals surface area contributed by atoms with Crippen LogP contribution in [-0.2, 0) is 28.5 Å². The molecule has 3 amide bonds. The Kier molecular flexibility index (Phi) is 15.4. The number of aliphatic hydroxyl groups excluding tert-OH is 1. The van der Waals surface area contributed by atoms with Crippen LogP contribution in [-0.4, -0.2) is 129 Å². The van der Waals surface area contributed by atoms with Gasteiger partial charge in [0.15, 0.2) is 0 Å². The van der Waals surface area contributed by atoms with E-state index in [1.54, 1.807) is 18.9 Å². The molecular weight excluding hydrogens is 616 g/mol. The average molecular weight is 695 g/mol. The van der Waals surface area contributed by atoms with Gasteiger partial charge in [0.1, 0.15) is 6.04 Å². The molecule has 3 heterocycles. The zero-order valence-corrected chi connectivity index (χ0v) is 30.7. The summed E-state index contributed by atoms with van der Waals surface area (Å²) in [5.41, 5.74) is 0.855. The van der Waals surface area contributed by atoms with E-state index in [1.807, 2.05) is 7.05 Å². The number of nitrogens with zero attached hydrogens (tertiary/aromatic N) is 2. The van der Waals surface area contributed by atoms with Crippen LogP contribution in [0.4, 0.5) is 4.79 Å². The van der Waals surface area contributed by atoms with Crippen molar-refractivity contribution in [3.05, 3.63) is 23.8 Å². The Balaban J connectivity index is -0.000000781. The second-order valence-electron chi connectivity index (χ2n) is 14.5. The molecule has 0 radical (unpaired) electrons. The Labute approximate surface area is 299 Å². The van der Waals surface area contributed by atoms with Crippen molar-refractivity contribution < 1.29 is 49.9 Å². The number of hydrogen-bond acceptors (Lipinski definition) is 9. The molecule has 0 aromatic heterocycles. The number of methoxy groups -OCH3 is 2. The van der Waals surface area contributed by atoms with Crippen LogP contribution in [0.2, 0.25) is 0 Å². The highest BCUT2D eigenvalue weighted by Gasteiger charge is 2.56. The predicted octanol–water partition coefficient (Wildman–Crippen LogP) is 5.25. The van der Waals surface area contributed by atoms with E-state index in [9.17, 15) is 19.5 Å². The number of nitrogens with one attached hydrogen (secondary N) is 2. The molecule has 0 aromatic carbocycles. The third kappa shape index (κ3) is 11.5. The van der Waals surface area contributed by atoms with E-state index < -0.39 is 18.1 Å². The number of amides is 3. The summed E-state index contributed by atoms with van der Waals surface area (Å²) in [6, 6.07) is -1.02. The molecule has 3 rings (SSSR count). The SMILES string of the molecule is COC(=O)[C@H](CCNC(=O)N1CCN(C)CC1)NC(=O)C[C@H]1CC[C@H](C)[C@@H](/C(C)=C/C=C/[C@@H](C)C[C@@]2(C)O[C@@H]2[C@H](C)[C@@H](OC)[C@@H](C)O)O1.[HH].[HH].[HH].[HH].[HH].[HH].[HH].[HH]. The number of carbonyl (C=O) groups is 3. The number of epoxide rings is 1. The lowest BCUT2D eigenvalue weighted by Gasteiger charge is -2.35. The molecule has 0 aromatic rings. The van der Waals surface area contributed by atoms with E-state index in [4.69, 9.17) is 18.9 Å². The maximum Gasteiger partial charge on any atom is 0.328 e. The van der Waals surface area contributed by atoms with E-state index >= 15 is 0 Å². The molecule has 0 unspecified atom stereocenters. The van der Waals surface area contributed by atoms with Gasteiger partial charge in [-0.1, -0.05) is 39.0 Å². The fourth-order valence-corrected chi connectivity index (χ4v) is 7.32. The van der Waals surface area contributed by atoms with Gasteiger partial charge in [0.25, 0.3) is 0 Å². The van der Waals surface area contributed by atoms with Crippen LogP contribution in [0.1, 0.15) is 85.1 Å². The van der Waals surface area contributed by atoms with E-state index in [0.29, 0.717) is 19.0 Å². The third-order valence-corrected chi connectivity index (χ3v) is 10.2. The first-order valence-electron chi connectivity index (χ1n) is 17.7. The number of esters is 1. The number of carbonyl (C=O) groups excluding carboxylic acids is 3. The van der Waals surface area contributed by atoms with Gasteiger partial charge in [-0.05, 0) is 70.9 Å². The highest BCUT2D eigenvalue weighted by molar-refractivity contribution is 5.84. The quantitative estimate of drug-likeness (QED) is 0.112. The topological polar surface area (TPSA) is 142 Å². The molecule has 0 aliphatic carbocycles. The van der Waals surface area contributed by atoms with Crippen molar-refractivity contribution in [3.8, 4) is 0 Å². The first kappa shape index (κ1) is 39.9. The molecule has 290 valence electrons. The van der Waals surface area contributed by atoms with Gasteiger partial charge in [-0.2, -0.15) is 0 Å². The minimum absolute atomic E-state index is 0. The first-order chi connectivity index (χ1) is 22.7. The molecule has 0 saturated carbocycles. The molecular formula is C36H78N4O8. The van der Waals surface area contributed by atoms with E-state index in [1.165, 1.54) is 7.11 Å². The summed E-state index contributed by atoms with van der Waals surface area (Å²) in [5, 5.41) is 15.7. The molecule has 3 aliphatic rings. The van der Waals surface area contributed by atoms with Crippen LogP contribution in [0, 0.1) is 17.8 Å². The van der Waals surface area contributed by atoms with Crippen LogP contribution >= 0.6 is 0 Å². The summed E-state index contributed by atoms with van der Waals surface area (Å²) < 4.78 is 23.0. The second-order valence-corrected chi connectivity index (χ2v) is 14.5. The highest BCUT2D eigenvalue weighted by atomic mass is 16.6. The molecule has 10 atom stereocenters. The number of likely N-dealkylation sites (N-methyl/N-ethyl adjacent to an activating group) is 1. The number of allylic oxidation sites excluding steroid dienone is 3. The number of rotatable bonds is 16. The summed E-state index contributed by atoms with van der Waals surface area (Å²) in [5.74, 6) is -0.142. The number of piperazine rings is 1. The van der Waals surface area contributed by atoms with Crippen molar-refractivity contribution in [2.24, 2.45) is 17.8 Å². The zero-order valence-electron chi connectivity index (χ0n) is 30.7. The normalized spacial score (nSPS) is 29.9. The molecule has 0 spiro atoms. The van der Waals surface area contributed by atoms with Crippen molar-refractivity contribution in [3.63, 3.8) is 0 Å². The van der Waals surface area contributed by atoms with Crippen LogP contribution < -0.4 is 10.6 Å². The maximum atomic E-state index is 13.0. The average Bonchev–Trinajstić information content (AvgIpc) is 3.71. The summed E-state index contributed by atoms with van der Waals surface area (Å²) >= 11 is 0. The minimum Gasteiger partial charge on any atom is -0.467 e. The Bertz CT molecular complexity index is 1160. The Hall–Kier alpha value is -2.51. The molecule has 12 heteroatoms. The Morgan fingerprint density at radius 3 is 2.44 bits per heavy atom. The summed E-state index contributed by atoms with van der Waals surface area (Å²) in [6.07, 6.45) is 8.12. The van der Waals surface area contributed by atoms with Gasteiger partial charge in [-0.15, -0.1) is 0 Å². The van der Waals surface area contributed by atoms with E-state index in [2.05, 4.69) is 68.4 Å². The van der Waals surface area contributed by atoms with Crippen LogP contribution in [0.15, 0.2) is 23.8 Å². The number of aliphatic hydroxyl groups is 1. The smallest absolute Gasteiger partial charge is 0.328 e. The lowest BCUT2D eigenvalue weighted by molar-refractivity contribution is -0.146. The van der Waals surface area contributed by atoms with Crippen LogP contribution in [0.25, 0.3) is 0 Å². The fourth-order valence-electron chi connectivity index (χ4n) is 7.32. The number of ether oxygens (including phenoxy) is 4. The van der Waals surface area contributed by atoms with Gasteiger partial charge >= 0.3 is 12.0 Å². The standard InChI is InChI=1S/C36H62N4O8.8H2/c1-23(22-36(6)33(48-36)26(4)32(45-8)27(5)41)11-10-12-24(2)31-25(3)13-14-28(47-31)21-30(42)38-29(34(43)46-9)15-16-37-35(44)40-19-17-39(7)18-20-40;;;;;;;;/h10-12,23,25-29,31-33,41H,13-22H2,1-9H3,(H,37,44)(H,38,42);8*1H/b11-10+,24-12+;;;;;;;;/t23-,25+,26-,27-,28-,29+,31-,32-,33-,36-;;;;;;;;/m1......../s1. The predicted molar refractivity (Wildman–Crippen MR) is 201 cm³/mol. The van der Waals surface area contributed by atoms with Gasteiger partial charge in [-0.3, -0.25) is 4.79 Å². The fraction of sp³-hybridized carbons (Fsp3) is 0.806. The van der Waals surface area contributed by atoms with Crippen molar-refractivity contribution in [1.29, 1.82) is 0 Å². The second kappa shape index (κ2) is 18.5. The molecule has 3 saturated heterocycles. The van der Waals surface area contributed by atoms with Crippen molar-refractivity contribution >= 4 is 17.9 Å². The van der Waals surface area contributed by atoms with Gasteiger partial charge < -0.3 is 44.5 Å². The first-order valence-corrected chi connectivity index (χ1v) is 17.7. The van der Waals surface area contributed by atoms with Gasteiger partial charge in [0, 0.05) is 57.2 Å². The molecule has 3 N–H and O–H groups in total. The van der Waals surface area contributed by atoms with Gasteiger partial charge in [-0.25, -0.2) is 9.59 Å². The van der Waals surface area contributed by atoms with E-state index in [-0.39, 0.29) is 84.6 Å². The zero-order chi connectivity index (χ0) is 35.6. The summed E-state index contributed by atoms with van der Waals surface area (Å²) in [7, 11) is 4.94. The Morgan fingerprint density at radius 2 is 1.81 bits per heavy atom. The number of urea groups is 1. The van der Waals surface area contributed by atoms with Crippen molar-refractivity contribution in [1.82, 2.24) is 20.4 Å². The lowest BCUT2D eigenvalue weighted by atomic mass is 9.85. The summed E-state index contributed by atoms with van der Waals surface area (Å²) in [4.78, 5) is 41.9. The molecule has 12 nitrogen and oxygen atoms in total. The van der Waals surface area contributed by atoms with Gasteiger partial charge in [0.05, 0.1) is 49.7 Å². The maximum absolute atomic E-state index is 13.0. The molecule has 3 aliphatic heterocycles. The molecule has 3 fully saturated rings. The van der Waals surface area contributed by atoms with Crippen LogP contribution in [0.5, 0.6) is 0 Å². The van der Waals surface area contributed by atoms with Crippen LogP contribution in [0.3, 0.4) is 0 Å². The van der Waals surface area contributed by atoms with Gasteiger partial charge in [0.2, 0.25) is 5.91 Å². The highest BCUT2D eigenvalue weighted by Crippen LogP contribution is 2.47. The molecule has 48 heavy (non-hydrogen) atoms. The lowest BCUT2D eigenvalue weighted by Crippen LogP contribution is -2.51. The van der Waals surface area contributed by atoms with Crippen molar-refractivity contribution in [2.75, 3.05) is 54.0 Å².